The van der Waals surface area contributed by atoms with E-state index >= 15 is 0 Å². The van der Waals surface area contributed by atoms with Gasteiger partial charge in [-0.15, -0.1) is 0 Å². The van der Waals surface area contributed by atoms with Crippen LogP contribution in [0.4, 0.5) is 13.2 Å². The van der Waals surface area contributed by atoms with Crippen molar-refractivity contribution in [2.24, 2.45) is 5.92 Å². The van der Waals surface area contributed by atoms with Crippen molar-refractivity contribution < 1.29 is 37.3 Å². The number of aliphatic carboxylic acids is 1. The Kier molecular flexibility index (Phi) is 8.18. The third-order valence-corrected chi connectivity index (χ3v) is 5.95. The SMILES string of the molecule is COCC1CCN(C)C2(C1)CN(C(=O)c1ccc(OC)c(Cl)c1)C2.O=C(O)C(F)(F)F. The van der Waals surface area contributed by atoms with E-state index in [9.17, 15) is 18.0 Å². The van der Waals surface area contributed by atoms with Crippen molar-refractivity contribution in [2.75, 3.05) is 47.5 Å². The molecule has 1 unspecified atom stereocenters. The first kappa shape index (κ1) is 25.2. The zero-order valence-electron chi connectivity index (χ0n) is 17.5. The molecule has 1 aromatic rings. The summed E-state index contributed by atoms with van der Waals surface area (Å²) in [6, 6.07) is 5.20. The number of alkyl halides is 3. The highest BCUT2D eigenvalue weighted by Gasteiger charge is 2.51. The van der Waals surface area contributed by atoms with Gasteiger partial charge in [0.15, 0.2) is 0 Å². The summed E-state index contributed by atoms with van der Waals surface area (Å²) in [7, 11) is 5.49. The average Bonchev–Trinajstić information content (AvgIpc) is 2.67. The van der Waals surface area contributed by atoms with Crippen molar-refractivity contribution >= 4 is 23.5 Å². The highest BCUT2D eigenvalue weighted by atomic mass is 35.5. The summed E-state index contributed by atoms with van der Waals surface area (Å²) < 4.78 is 42.2. The maximum absolute atomic E-state index is 12.7. The van der Waals surface area contributed by atoms with Crippen LogP contribution >= 0.6 is 11.6 Å². The van der Waals surface area contributed by atoms with Crippen LogP contribution in [0.2, 0.25) is 5.02 Å². The summed E-state index contributed by atoms with van der Waals surface area (Å²) in [5.41, 5.74) is 0.718. The van der Waals surface area contributed by atoms with Crippen LogP contribution in [0, 0.1) is 5.92 Å². The molecule has 2 aliphatic rings. The maximum atomic E-state index is 12.7. The van der Waals surface area contributed by atoms with E-state index in [2.05, 4.69) is 11.9 Å². The number of ether oxygens (including phenoxy) is 2. The molecule has 1 atom stereocenters. The van der Waals surface area contributed by atoms with E-state index in [0.29, 0.717) is 22.3 Å². The Bertz CT molecular complexity index is 800. The Morgan fingerprint density at radius 2 is 1.90 bits per heavy atom. The molecule has 3 rings (SSSR count). The quantitative estimate of drug-likeness (QED) is 0.734. The van der Waals surface area contributed by atoms with Crippen LogP contribution in [0.3, 0.4) is 0 Å². The van der Waals surface area contributed by atoms with Gasteiger partial charge in [0.05, 0.1) is 17.7 Å². The van der Waals surface area contributed by atoms with Gasteiger partial charge in [0.2, 0.25) is 0 Å². The molecule has 1 aromatic carbocycles. The summed E-state index contributed by atoms with van der Waals surface area (Å²) in [5, 5.41) is 7.59. The Hall–Kier alpha value is -2.04. The summed E-state index contributed by atoms with van der Waals surface area (Å²) in [6.07, 6.45) is -2.83. The van der Waals surface area contributed by atoms with Crippen molar-refractivity contribution in [1.29, 1.82) is 0 Å². The van der Waals surface area contributed by atoms with Crippen molar-refractivity contribution in [2.45, 2.75) is 24.6 Å². The van der Waals surface area contributed by atoms with Gasteiger partial charge >= 0.3 is 12.1 Å². The van der Waals surface area contributed by atoms with E-state index in [0.717, 1.165) is 39.1 Å². The smallest absolute Gasteiger partial charge is 0.490 e. The molecule has 7 nitrogen and oxygen atoms in total. The van der Waals surface area contributed by atoms with Gasteiger partial charge in [0.1, 0.15) is 5.75 Å². The van der Waals surface area contributed by atoms with E-state index in [1.165, 1.54) is 0 Å². The normalized spacial score (nSPS) is 20.5. The number of piperidine rings is 1. The molecule has 2 heterocycles. The predicted molar refractivity (Wildman–Crippen MR) is 108 cm³/mol. The minimum atomic E-state index is -5.08. The van der Waals surface area contributed by atoms with Crippen LogP contribution in [0.5, 0.6) is 5.75 Å². The number of carboxylic acid groups (broad SMARTS) is 1. The molecule has 2 saturated heterocycles. The molecule has 11 heteroatoms. The molecule has 2 aliphatic heterocycles. The average molecular weight is 467 g/mol. The molecule has 2 fully saturated rings. The Balaban J connectivity index is 0.000000423. The summed E-state index contributed by atoms with van der Waals surface area (Å²) in [4.78, 5) is 25.9. The molecule has 0 saturated carbocycles. The first-order valence-electron chi connectivity index (χ1n) is 9.56. The maximum Gasteiger partial charge on any atom is 0.490 e. The lowest BCUT2D eigenvalue weighted by atomic mass is 9.75. The first-order chi connectivity index (χ1) is 14.4. The molecular formula is C20H26ClF3N2O5. The molecular weight excluding hydrogens is 441 g/mol. The minimum absolute atomic E-state index is 0.0347. The Morgan fingerprint density at radius 3 is 2.39 bits per heavy atom. The third kappa shape index (κ3) is 6.02. The van der Waals surface area contributed by atoms with E-state index < -0.39 is 12.1 Å². The largest absolute Gasteiger partial charge is 0.495 e. The molecule has 1 N–H and O–H groups in total. The fourth-order valence-electron chi connectivity index (χ4n) is 3.95. The van der Waals surface area contributed by atoms with Crippen LogP contribution in [0.1, 0.15) is 23.2 Å². The number of benzene rings is 1. The van der Waals surface area contributed by atoms with Crippen LogP contribution in [0.25, 0.3) is 0 Å². The van der Waals surface area contributed by atoms with Crippen molar-refractivity contribution in [3.63, 3.8) is 0 Å². The zero-order valence-corrected chi connectivity index (χ0v) is 18.3. The van der Waals surface area contributed by atoms with Crippen molar-refractivity contribution in [1.82, 2.24) is 9.80 Å². The monoisotopic (exact) mass is 466 g/mol. The lowest BCUT2D eigenvalue weighted by molar-refractivity contribution is -0.192. The van der Waals surface area contributed by atoms with Crippen LogP contribution in [0.15, 0.2) is 18.2 Å². The first-order valence-corrected chi connectivity index (χ1v) is 9.94. The van der Waals surface area contributed by atoms with Gasteiger partial charge in [-0.25, -0.2) is 4.79 Å². The van der Waals surface area contributed by atoms with E-state index in [1.807, 2.05) is 4.90 Å². The third-order valence-electron chi connectivity index (χ3n) is 5.65. The molecule has 1 amide bonds. The lowest BCUT2D eigenvalue weighted by Crippen LogP contribution is -2.72. The van der Waals surface area contributed by atoms with Gasteiger partial charge in [-0.05, 0) is 50.6 Å². The fourth-order valence-corrected chi connectivity index (χ4v) is 4.20. The number of hydrogen-bond acceptors (Lipinski definition) is 5. The summed E-state index contributed by atoms with van der Waals surface area (Å²) in [5.74, 6) is -1.55. The van der Waals surface area contributed by atoms with Gasteiger partial charge in [0, 0.05) is 32.4 Å². The molecule has 0 aromatic heterocycles. The summed E-state index contributed by atoms with van der Waals surface area (Å²) in [6.45, 7) is 3.40. The second-order valence-electron chi connectivity index (χ2n) is 7.77. The lowest BCUT2D eigenvalue weighted by Gasteiger charge is -2.58. The van der Waals surface area contributed by atoms with Gasteiger partial charge in [-0.1, -0.05) is 11.6 Å². The van der Waals surface area contributed by atoms with Crippen LogP contribution in [-0.4, -0.2) is 86.0 Å². The van der Waals surface area contributed by atoms with Crippen LogP contribution < -0.4 is 4.74 Å². The second kappa shape index (κ2) is 10.1. The van der Waals surface area contributed by atoms with E-state index in [4.69, 9.17) is 31.0 Å². The molecule has 1 spiro atoms. The number of carbonyl (C=O) groups is 2. The molecule has 0 radical (unpaired) electrons. The number of hydrogen-bond donors (Lipinski definition) is 1. The summed E-state index contributed by atoms with van der Waals surface area (Å²) >= 11 is 6.14. The molecule has 0 aliphatic carbocycles. The Morgan fingerprint density at radius 1 is 1.29 bits per heavy atom. The van der Waals surface area contributed by atoms with Crippen molar-refractivity contribution in [3.8, 4) is 5.75 Å². The molecule has 0 bridgehead atoms. The number of carboxylic acids is 1. The number of nitrogens with zero attached hydrogens (tertiary/aromatic N) is 2. The number of amides is 1. The topological polar surface area (TPSA) is 79.3 Å². The molecule has 174 valence electrons. The van der Waals surface area contributed by atoms with Crippen LogP contribution in [-0.2, 0) is 9.53 Å². The Labute approximate surface area is 183 Å². The number of likely N-dealkylation sites (N-methyl/N-ethyl adjacent to an activating group) is 1. The zero-order chi connectivity index (χ0) is 23.4. The number of rotatable bonds is 4. The van der Waals surface area contributed by atoms with Gasteiger partial charge in [-0.3, -0.25) is 9.69 Å². The number of halogens is 4. The van der Waals surface area contributed by atoms with Gasteiger partial charge in [-0.2, -0.15) is 13.2 Å². The van der Waals surface area contributed by atoms with E-state index in [1.54, 1.807) is 32.4 Å². The van der Waals surface area contributed by atoms with Gasteiger partial charge in [0.25, 0.3) is 5.91 Å². The fraction of sp³-hybridized carbons (Fsp3) is 0.600. The predicted octanol–water partition coefficient (Wildman–Crippen LogP) is 3.16. The highest BCUT2D eigenvalue weighted by molar-refractivity contribution is 6.32. The number of carbonyl (C=O) groups excluding carboxylic acids is 1. The van der Waals surface area contributed by atoms with E-state index in [-0.39, 0.29) is 11.4 Å². The number of likely N-dealkylation sites (tertiary alicyclic amines) is 2. The molecule has 31 heavy (non-hydrogen) atoms. The minimum Gasteiger partial charge on any atom is -0.495 e. The second-order valence-corrected chi connectivity index (χ2v) is 8.18. The van der Waals surface area contributed by atoms with Gasteiger partial charge < -0.3 is 19.5 Å². The van der Waals surface area contributed by atoms with Crippen molar-refractivity contribution in [3.05, 3.63) is 28.8 Å². The number of methoxy groups -OCH3 is 2. The highest BCUT2D eigenvalue weighted by Crippen LogP contribution is 2.39. The standard InChI is InChI=1S/C18H25ClN2O3.C2HF3O2/c1-20-7-6-13(10-23-2)9-18(20)11-21(12-18)17(22)14-4-5-16(24-3)15(19)8-14;3-2(4,5)1(6)7/h4-5,8,13H,6-7,9-12H2,1-3H3;(H,6,7).